The predicted molar refractivity (Wildman–Crippen MR) is 101 cm³/mol. The smallest absolute Gasteiger partial charge is 0.123 e. The molecule has 1 N–H and O–H groups in total. The summed E-state index contributed by atoms with van der Waals surface area (Å²) in [7, 11) is 0. The molecule has 2 fully saturated rings. The second-order valence-electron chi connectivity index (χ2n) is 7.42. The molecule has 0 aliphatic carbocycles. The summed E-state index contributed by atoms with van der Waals surface area (Å²) in [5, 5.41) is 3.71. The average molecular weight is 349 g/mol. The molecule has 140 valence electrons. The van der Waals surface area contributed by atoms with Gasteiger partial charge in [-0.1, -0.05) is 6.92 Å². The fourth-order valence-corrected chi connectivity index (χ4v) is 4.06. The van der Waals surface area contributed by atoms with Crippen LogP contribution in [0.5, 0.6) is 0 Å². The molecular formula is C20H32FN3O. The highest BCUT2D eigenvalue weighted by Crippen LogP contribution is 2.29. The van der Waals surface area contributed by atoms with Crippen molar-refractivity contribution >= 4 is 5.69 Å². The van der Waals surface area contributed by atoms with E-state index in [4.69, 9.17) is 4.74 Å². The van der Waals surface area contributed by atoms with Crippen molar-refractivity contribution in [3.63, 3.8) is 0 Å². The highest BCUT2D eigenvalue weighted by Gasteiger charge is 2.24. The molecule has 1 aromatic carbocycles. The number of nitrogens with zero attached hydrogens (tertiary/aromatic N) is 2. The fraction of sp³-hybridized carbons (Fsp3) is 0.700. The van der Waals surface area contributed by atoms with Crippen molar-refractivity contribution in [2.24, 2.45) is 0 Å². The number of hydrogen-bond acceptors (Lipinski definition) is 4. The van der Waals surface area contributed by atoms with Crippen molar-refractivity contribution in [1.29, 1.82) is 0 Å². The Bertz CT molecular complexity index is 560. The van der Waals surface area contributed by atoms with E-state index in [1.807, 2.05) is 6.07 Å². The molecule has 2 heterocycles. The maximum absolute atomic E-state index is 14.0. The number of hydrogen-bond donors (Lipinski definition) is 1. The van der Waals surface area contributed by atoms with Gasteiger partial charge in [-0.15, -0.1) is 0 Å². The zero-order valence-corrected chi connectivity index (χ0v) is 15.8. The van der Waals surface area contributed by atoms with E-state index >= 15 is 0 Å². The highest BCUT2D eigenvalue weighted by molar-refractivity contribution is 5.55. The number of halogens is 1. The first-order valence-electron chi connectivity index (χ1n) is 9.71. The zero-order valence-electron chi connectivity index (χ0n) is 15.8. The number of piperazine rings is 1. The molecule has 3 unspecified atom stereocenters. The molecule has 0 aromatic heterocycles. The molecule has 4 nitrogen and oxygen atoms in total. The Labute approximate surface area is 151 Å². The maximum Gasteiger partial charge on any atom is 0.123 e. The minimum atomic E-state index is -0.153. The van der Waals surface area contributed by atoms with E-state index in [-0.39, 0.29) is 11.9 Å². The van der Waals surface area contributed by atoms with Crippen LogP contribution < -0.4 is 10.2 Å². The summed E-state index contributed by atoms with van der Waals surface area (Å²) in [6.45, 7) is 12.6. The van der Waals surface area contributed by atoms with E-state index in [0.717, 1.165) is 57.7 Å². The van der Waals surface area contributed by atoms with Gasteiger partial charge >= 0.3 is 0 Å². The third-order valence-electron chi connectivity index (χ3n) is 5.59. The van der Waals surface area contributed by atoms with Gasteiger partial charge in [-0.2, -0.15) is 0 Å². The maximum atomic E-state index is 14.0. The number of benzene rings is 1. The summed E-state index contributed by atoms with van der Waals surface area (Å²) in [6, 6.07) is 5.82. The van der Waals surface area contributed by atoms with Crippen molar-refractivity contribution in [2.45, 2.75) is 51.8 Å². The van der Waals surface area contributed by atoms with Gasteiger partial charge in [0.05, 0.1) is 6.10 Å². The van der Waals surface area contributed by atoms with Crippen LogP contribution in [0.1, 0.15) is 45.2 Å². The van der Waals surface area contributed by atoms with Crippen LogP contribution in [0.15, 0.2) is 18.2 Å². The first-order chi connectivity index (χ1) is 12.1. The highest BCUT2D eigenvalue weighted by atomic mass is 19.1. The normalized spacial score (nSPS) is 26.6. The van der Waals surface area contributed by atoms with Gasteiger partial charge in [0.1, 0.15) is 5.82 Å². The van der Waals surface area contributed by atoms with E-state index in [9.17, 15) is 4.39 Å². The number of anilines is 1. The standard InChI is InChI=1S/C20H32FN3O/c1-4-23-8-10-24(11-9-23)20-6-5-17(21)14-19(20)16(3)22-18-7-12-25-15(2)13-18/h5-6,14-16,18,22H,4,7-13H2,1-3H3. The molecule has 3 atom stereocenters. The van der Waals surface area contributed by atoms with Crippen LogP contribution >= 0.6 is 0 Å². The molecule has 2 saturated heterocycles. The molecule has 0 bridgehead atoms. The number of likely N-dealkylation sites (N-methyl/N-ethyl adjacent to an activating group) is 1. The Morgan fingerprint density at radius 2 is 2.04 bits per heavy atom. The SMILES string of the molecule is CCN1CCN(c2ccc(F)cc2C(C)NC2CCOC(C)C2)CC1. The summed E-state index contributed by atoms with van der Waals surface area (Å²) in [5.74, 6) is -0.153. The lowest BCUT2D eigenvalue weighted by Crippen LogP contribution is -2.47. The Kier molecular flexibility index (Phi) is 6.31. The van der Waals surface area contributed by atoms with Crippen LogP contribution in [0.25, 0.3) is 0 Å². The lowest BCUT2D eigenvalue weighted by atomic mass is 9.99. The van der Waals surface area contributed by atoms with Crippen LogP contribution in [0.4, 0.5) is 10.1 Å². The van der Waals surface area contributed by atoms with E-state index in [0.29, 0.717) is 12.1 Å². The molecule has 0 spiro atoms. The van der Waals surface area contributed by atoms with Gasteiger partial charge in [0, 0.05) is 50.6 Å². The largest absolute Gasteiger partial charge is 0.378 e. The predicted octanol–water partition coefficient (Wildman–Crippen LogP) is 3.19. The Hall–Kier alpha value is -1.17. The fourth-order valence-electron chi connectivity index (χ4n) is 4.06. The zero-order chi connectivity index (χ0) is 17.8. The Morgan fingerprint density at radius 1 is 1.28 bits per heavy atom. The quantitative estimate of drug-likeness (QED) is 0.884. The molecule has 3 rings (SSSR count). The molecule has 0 amide bonds. The molecule has 2 aliphatic rings. The van der Waals surface area contributed by atoms with Gasteiger partial charge in [-0.05, 0) is 57.0 Å². The molecule has 1 aromatic rings. The van der Waals surface area contributed by atoms with Gasteiger partial charge in [0.15, 0.2) is 0 Å². The lowest BCUT2D eigenvalue weighted by Gasteiger charge is -2.38. The van der Waals surface area contributed by atoms with Crippen LogP contribution in [-0.4, -0.2) is 56.4 Å². The monoisotopic (exact) mass is 349 g/mol. The average Bonchev–Trinajstić information content (AvgIpc) is 2.62. The van der Waals surface area contributed by atoms with Gasteiger partial charge in [0.25, 0.3) is 0 Å². The number of nitrogens with one attached hydrogen (secondary N) is 1. The van der Waals surface area contributed by atoms with E-state index < -0.39 is 0 Å². The first-order valence-corrected chi connectivity index (χ1v) is 9.71. The van der Waals surface area contributed by atoms with Crippen molar-refractivity contribution in [2.75, 3.05) is 44.2 Å². The summed E-state index contributed by atoms with van der Waals surface area (Å²) in [4.78, 5) is 4.87. The van der Waals surface area contributed by atoms with Crippen molar-refractivity contribution in [3.05, 3.63) is 29.6 Å². The van der Waals surface area contributed by atoms with Gasteiger partial charge in [-0.25, -0.2) is 4.39 Å². The second-order valence-corrected chi connectivity index (χ2v) is 7.42. The third kappa shape index (κ3) is 4.72. The minimum absolute atomic E-state index is 0.130. The van der Waals surface area contributed by atoms with E-state index in [2.05, 4.69) is 35.9 Å². The second kappa shape index (κ2) is 8.47. The summed E-state index contributed by atoms with van der Waals surface area (Å²) in [5.41, 5.74) is 2.25. The third-order valence-corrected chi connectivity index (χ3v) is 5.59. The summed E-state index contributed by atoms with van der Waals surface area (Å²) >= 11 is 0. The molecule has 5 heteroatoms. The minimum Gasteiger partial charge on any atom is -0.378 e. The van der Waals surface area contributed by atoms with Crippen LogP contribution in [0, 0.1) is 5.82 Å². The molecular weight excluding hydrogens is 317 g/mol. The Morgan fingerprint density at radius 3 is 2.72 bits per heavy atom. The topological polar surface area (TPSA) is 27.7 Å². The number of rotatable bonds is 5. The van der Waals surface area contributed by atoms with Gasteiger partial charge < -0.3 is 19.9 Å². The van der Waals surface area contributed by atoms with Crippen molar-refractivity contribution in [3.8, 4) is 0 Å². The molecule has 0 saturated carbocycles. The molecule has 0 radical (unpaired) electrons. The molecule has 2 aliphatic heterocycles. The first kappa shape index (κ1) is 18.6. The molecule has 25 heavy (non-hydrogen) atoms. The Balaban J connectivity index is 1.72. The van der Waals surface area contributed by atoms with Crippen LogP contribution in [-0.2, 0) is 4.74 Å². The van der Waals surface area contributed by atoms with Gasteiger partial charge in [-0.3, -0.25) is 0 Å². The summed E-state index contributed by atoms with van der Waals surface area (Å²) < 4.78 is 19.6. The van der Waals surface area contributed by atoms with E-state index in [1.54, 1.807) is 12.1 Å². The van der Waals surface area contributed by atoms with Crippen molar-refractivity contribution < 1.29 is 9.13 Å². The van der Waals surface area contributed by atoms with Crippen LogP contribution in [0.2, 0.25) is 0 Å². The van der Waals surface area contributed by atoms with Gasteiger partial charge in [0.2, 0.25) is 0 Å². The summed E-state index contributed by atoms with van der Waals surface area (Å²) in [6.07, 6.45) is 2.34. The van der Waals surface area contributed by atoms with Crippen LogP contribution in [0.3, 0.4) is 0 Å². The lowest BCUT2D eigenvalue weighted by molar-refractivity contribution is 0.0116. The number of ether oxygens (including phenoxy) is 1. The van der Waals surface area contributed by atoms with Crippen molar-refractivity contribution in [1.82, 2.24) is 10.2 Å². The van der Waals surface area contributed by atoms with E-state index in [1.165, 1.54) is 5.69 Å².